The molecule has 1 atom stereocenters. The maximum atomic E-state index is 12.3. The third-order valence-electron chi connectivity index (χ3n) is 4.35. The van der Waals surface area contributed by atoms with Gasteiger partial charge in [-0.2, -0.15) is 4.98 Å². The Balaban J connectivity index is 2.26. The molecule has 1 saturated heterocycles. The Labute approximate surface area is 134 Å². The number of nitrogens with one attached hydrogen (secondary N) is 1. The molecule has 3 rings (SSSR count). The van der Waals surface area contributed by atoms with Crippen molar-refractivity contribution in [2.75, 3.05) is 18.0 Å². The third kappa shape index (κ3) is 2.71. The van der Waals surface area contributed by atoms with E-state index in [1.54, 1.807) is 7.05 Å². The van der Waals surface area contributed by atoms with Crippen molar-refractivity contribution in [2.45, 2.75) is 33.2 Å². The monoisotopic (exact) mass is 317 g/mol. The van der Waals surface area contributed by atoms with E-state index in [1.165, 1.54) is 11.0 Å². The number of aromatic nitrogens is 4. The van der Waals surface area contributed by atoms with Crippen LogP contribution in [-0.4, -0.2) is 32.2 Å². The summed E-state index contributed by atoms with van der Waals surface area (Å²) in [6.07, 6.45) is 2.31. The molecule has 0 saturated carbocycles. The summed E-state index contributed by atoms with van der Waals surface area (Å²) < 4.78 is 3.27. The number of rotatable bonds is 3. The zero-order valence-corrected chi connectivity index (χ0v) is 13.9. The van der Waals surface area contributed by atoms with Crippen LogP contribution in [0.25, 0.3) is 11.2 Å². The average molecular weight is 317 g/mol. The zero-order valence-electron chi connectivity index (χ0n) is 13.9. The number of nitrogens with zero attached hydrogens (tertiary/aromatic N) is 4. The molecule has 1 aliphatic rings. The number of hydrogen-bond acceptors (Lipinski definition) is 4. The van der Waals surface area contributed by atoms with Gasteiger partial charge in [0, 0.05) is 26.7 Å². The number of fused-ring (bicyclic) bond motifs is 1. The molecule has 0 aliphatic carbocycles. The SMILES string of the molecule is C=C(C)Cn1c(N2CCCC(C)C2)nc2c1c(=O)[nH]c(=O)n2C. The minimum atomic E-state index is -0.443. The van der Waals surface area contributed by atoms with E-state index in [4.69, 9.17) is 0 Å². The molecule has 124 valence electrons. The number of hydrogen-bond donors (Lipinski definition) is 1. The van der Waals surface area contributed by atoms with Crippen molar-refractivity contribution in [3.63, 3.8) is 0 Å². The summed E-state index contributed by atoms with van der Waals surface area (Å²) in [6, 6.07) is 0. The maximum absolute atomic E-state index is 12.3. The summed E-state index contributed by atoms with van der Waals surface area (Å²) in [4.78, 5) is 33.4. The summed E-state index contributed by atoms with van der Waals surface area (Å²) in [7, 11) is 1.63. The van der Waals surface area contributed by atoms with Crippen molar-refractivity contribution in [3.8, 4) is 0 Å². The molecule has 0 radical (unpaired) electrons. The van der Waals surface area contributed by atoms with E-state index in [1.807, 2.05) is 11.5 Å². The van der Waals surface area contributed by atoms with Crippen molar-refractivity contribution in [1.29, 1.82) is 0 Å². The van der Waals surface area contributed by atoms with Crippen LogP contribution in [0, 0.1) is 5.92 Å². The third-order valence-corrected chi connectivity index (χ3v) is 4.35. The largest absolute Gasteiger partial charge is 0.342 e. The zero-order chi connectivity index (χ0) is 16.7. The number of aryl methyl sites for hydroxylation is 1. The molecule has 0 bridgehead atoms. The molecular formula is C16H23N5O2. The van der Waals surface area contributed by atoms with E-state index >= 15 is 0 Å². The van der Waals surface area contributed by atoms with Gasteiger partial charge in [-0.05, 0) is 25.7 Å². The minimum absolute atomic E-state index is 0.395. The number of allylic oxidation sites excluding steroid dienone is 1. The van der Waals surface area contributed by atoms with Crippen molar-refractivity contribution >= 4 is 17.1 Å². The van der Waals surface area contributed by atoms with Crippen LogP contribution in [0.15, 0.2) is 21.7 Å². The maximum Gasteiger partial charge on any atom is 0.329 e. The van der Waals surface area contributed by atoms with E-state index in [-0.39, 0.29) is 0 Å². The van der Waals surface area contributed by atoms with Crippen LogP contribution in [0.2, 0.25) is 0 Å². The van der Waals surface area contributed by atoms with Crippen LogP contribution in [0.3, 0.4) is 0 Å². The minimum Gasteiger partial charge on any atom is -0.342 e. The van der Waals surface area contributed by atoms with E-state index < -0.39 is 11.2 Å². The van der Waals surface area contributed by atoms with Gasteiger partial charge in [0.1, 0.15) is 0 Å². The Morgan fingerprint density at radius 2 is 2.17 bits per heavy atom. The normalized spacial score (nSPS) is 18.6. The van der Waals surface area contributed by atoms with Gasteiger partial charge in [0.15, 0.2) is 11.2 Å². The fraction of sp³-hybridized carbons (Fsp3) is 0.562. The summed E-state index contributed by atoms with van der Waals surface area (Å²) >= 11 is 0. The van der Waals surface area contributed by atoms with Gasteiger partial charge in [0.2, 0.25) is 5.95 Å². The van der Waals surface area contributed by atoms with Gasteiger partial charge < -0.3 is 9.47 Å². The van der Waals surface area contributed by atoms with Crippen LogP contribution in [0.5, 0.6) is 0 Å². The van der Waals surface area contributed by atoms with Gasteiger partial charge in [0.05, 0.1) is 0 Å². The van der Waals surface area contributed by atoms with Crippen molar-refractivity contribution < 1.29 is 0 Å². The van der Waals surface area contributed by atoms with Crippen molar-refractivity contribution in [1.82, 2.24) is 19.1 Å². The highest BCUT2D eigenvalue weighted by atomic mass is 16.2. The first-order chi connectivity index (χ1) is 10.9. The molecule has 1 fully saturated rings. The number of aromatic amines is 1. The van der Waals surface area contributed by atoms with Gasteiger partial charge >= 0.3 is 5.69 Å². The highest BCUT2D eigenvalue weighted by Gasteiger charge is 2.24. The lowest BCUT2D eigenvalue weighted by molar-refractivity contribution is 0.439. The van der Waals surface area contributed by atoms with Crippen LogP contribution >= 0.6 is 0 Å². The molecule has 2 aromatic rings. The first-order valence-corrected chi connectivity index (χ1v) is 7.97. The Hall–Kier alpha value is -2.31. The highest BCUT2D eigenvalue weighted by Crippen LogP contribution is 2.25. The lowest BCUT2D eigenvalue weighted by Gasteiger charge is -2.32. The number of H-pyrrole nitrogens is 1. The average Bonchev–Trinajstić information content (AvgIpc) is 2.84. The highest BCUT2D eigenvalue weighted by molar-refractivity contribution is 5.74. The second-order valence-corrected chi connectivity index (χ2v) is 6.64. The molecular weight excluding hydrogens is 294 g/mol. The van der Waals surface area contributed by atoms with Gasteiger partial charge in [-0.25, -0.2) is 4.79 Å². The van der Waals surface area contributed by atoms with E-state index in [0.29, 0.717) is 23.6 Å². The summed E-state index contributed by atoms with van der Waals surface area (Å²) in [5.41, 5.74) is 0.953. The summed E-state index contributed by atoms with van der Waals surface area (Å²) in [5, 5.41) is 0. The van der Waals surface area contributed by atoms with Gasteiger partial charge in [-0.1, -0.05) is 19.1 Å². The molecule has 1 unspecified atom stereocenters. The first kappa shape index (κ1) is 15.6. The Morgan fingerprint density at radius 1 is 1.43 bits per heavy atom. The predicted octanol–water partition coefficient (Wildman–Crippen LogP) is 1.24. The second-order valence-electron chi connectivity index (χ2n) is 6.64. The van der Waals surface area contributed by atoms with E-state index in [9.17, 15) is 9.59 Å². The predicted molar refractivity (Wildman–Crippen MR) is 91.0 cm³/mol. The quantitative estimate of drug-likeness (QED) is 0.864. The molecule has 1 N–H and O–H groups in total. The van der Waals surface area contributed by atoms with E-state index in [2.05, 4.69) is 28.4 Å². The van der Waals surface area contributed by atoms with Crippen molar-refractivity contribution in [3.05, 3.63) is 33.0 Å². The summed E-state index contributed by atoms with van der Waals surface area (Å²) in [5.74, 6) is 1.34. The van der Waals surface area contributed by atoms with E-state index in [0.717, 1.165) is 31.0 Å². The summed E-state index contributed by atoms with van der Waals surface area (Å²) in [6.45, 7) is 10.4. The molecule has 23 heavy (non-hydrogen) atoms. The molecule has 1 aliphatic heterocycles. The topological polar surface area (TPSA) is 75.9 Å². The standard InChI is InChI=1S/C16H23N5O2/c1-10(2)8-21-12-13(19(4)16(23)18-14(12)22)17-15(21)20-7-5-6-11(3)9-20/h11H,1,5-9H2,2-4H3,(H,18,22,23). The van der Waals surface area contributed by atoms with Crippen LogP contribution < -0.4 is 16.1 Å². The fourth-order valence-electron chi connectivity index (χ4n) is 3.26. The smallest absolute Gasteiger partial charge is 0.329 e. The molecule has 7 heteroatoms. The van der Waals surface area contributed by atoms with Gasteiger partial charge in [0.25, 0.3) is 5.56 Å². The molecule has 7 nitrogen and oxygen atoms in total. The molecule has 0 amide bonds. The fourth-order valence-corrected chi connectivity index (χ4v) is 3.26. The second kappa shape index (κ2) is 5.72. The molecule has 3 heterocycles. The van der Waals surface area contributed by atoms with Gasteiger partial charge in [-0.15, -0.1) is 0 Å². The molecule has 0 aromatic carbocycles. The number of imidazole rings is 1. The van der Waals surface area contributed by atoms with Gasteiger partial charge in [-0.3, -0.25) is 14.3 Å². The number of piperidine rings is 1. The lowest BCUT2D eigenvalue weighted by atomic mass is 10.0. The lowest BCUT2D eigenvalue weighted by Crippen LogP contribution is -2.36. The Morgan fingerprint density at radius 3 is 2.83 bits per heavy atom. The van der Waals surface area contributed by atoms with Crippen LogP contribution in [-0.2, 0) is 13.6 Å². The Kier molecular flexibility index (Phi) is 3.87. The number of anilines is 1. The van der Waals surface area contributed by atoms with Crippen LogP contribution in [0.1, 0.15) is 26.7 Å². The van der Waals surface area contributed by atoms with Crippen molar-refractivity contribution in [2.24, 2.45) is 13.0 Å². The van der Waals surface area contributed by atoms with Crippen LogP contribution in [0.4, 0.5) is 5.95 Å². The Bertz CT molecular complexity index is 873. The molecule has 2 aromatic heterocycles. The molecule has 0 spiro atoms. The first-order valence-electron chi connectivity index (χ1n) is 7.97.